The van der Waals surface area contributed by atoms with Gasteiger partial charge < -0.3 is 26.9 Å². The largest absolute Gasteiger partial charge is 0.673 e. The van der Waals surface area contributed by atoms with Crippen LogP contribution in [0.1, 0.15) is 29.8 Å². The average molecular weight is 440 g/mol. The van der Waals surface area contributed by atoms with Gasteiger partial charge in [-0.05, 0) is 36.6 Å². The van der Waals surface area contributed by atoms with Crippen LogP contribution in [0.5, 0.6) is 0 Å². The number of hydrogen-bond acceptors (Lipinski definition) is 3. The van der Waals surface area contributed by atoms with Gasteiger partial charge >= 0.3 is 7.25 Å². The van der Waals surface area contributed by atoms with Crippen LogP contribution in [0, 0.1) is 13.8 Å². The van der Waals surface area contributed by atoms with Crippen LogP contribution in [0.15, 0.2) is 46.3 Å². The molecule has 2 aliphatic rings. The molecular formula is C21H25BF4N2OS. The third kappa shape index (κ3) is 6.01. The molecule has 3 nitrogen and oxygen atoms in total. The van der Waals surface area contributed by atoms with Gasteiger partial charge in [0.15, 0.2) is 17.9 Å². The third-order valence-electron chi connectivity index (χ3n) is 5.07. The first-order valence-corrected chi connectivity index (χ1v) is 10.7. The maximum atomic E-state index is 9.75. The number of nitrogens with zero attached hydrogens (tertiary/aromatic N) is 2. The van der Waals surface area contributed by atoms with Crippen molar-refractivity contribution >= 4 is 30.8 Å². The Bertz CT molecular complexity index is 900. The number of ether oxygens (including phenoxy) is 1. The predicted octanol–water partition coefficient (Wildman–Crippen LogP) is 5.61. The highest BCUT2D eigenvalue weighted by Gasteiger charge is 2.24. The Hall–Kier alpha value is -2.00. The fourth-order valence-corrected chi connectivity index (χ4v) is 4.82. The molecule has 0 radical (unpaired) electrons. The van der Waals surface area contributed by atoms with Crippen LogP contribution in [-0.2, 0) is 11.3 Å². The Morgan fingerprint density at radius 1 is 1.17 bits per heavy atom. The molecule has 1 aromatic carbocycles. The molecule has 4 rings (SSSR count). The number of aromatic nitrogens is 1. The Morgan fingerprint density at radius 2 is 1.80 bits per heavy atom. The summed E-state index contributed by atoms with van der Waals surface area (Å²) in [5, 5.41) is 1.27. The topological polar surface area (TPSA) is 16.4 Å². The summed E-state index contributed by atoms with van der Waals surface area (Å²) in [5.41, 5.74) is 5.15. The normalized spacial score (nSPS) is 19.6. The van der Waals surface area contributed by atoms with Gasteiger partial charge in [-0.2, -0.15) is 4.57 Å². The zero-order valence-electron chi connectivity index (χ0n) is 17.2. The van der Waals surface area contributed by atoms with E-state index in [0.717, 1.165) is 13.2 Å². The van der Waals surface area contributed by atoms with E-state index in [1.54, 1.807) is 0 Å². The van der Waals surface area contributed by atoms with Crippen molar-refractivity contribution in [3.8, 4) is 0 Å². The van der Waals surface area contributed by atoms with Gasteiger partial charge in [-0.15, -0.1) is 0 Å². The minimum atomic E-state index is -6.00. The van der Waals surface area contributed by atoms with E-state index in [1.807, 2.05) is 11.8 Å². The van der Waals surface area contributed by atoms with Crippen LogP contribution < -0.4 is 9.47 Å². The Labute approximate surface area is 178 Å². The molecule has 0 saturated carbocycles. The standard InChI is InChI=1S/C21H25N2OS.BF4/c1-15-11-17(12-16(2)23(15)14-18-7-6-10-24-18)13-21-22(3)19-8-4-5-9-20(19)25-21;2-1(3,4)5/h4-5,8-9,11-13,18H,6-7,10,14H2,1-3H3;/q+1;-1. The van der Waals surface area contributed by atoms with Crippen molar-refractivity contribution in [3.05, 3.63) is 58.4 Å². The number of hydrogen-bond donors (Lipinski definition) is 0. The van der Waals surface area contributed by atoms with Crippen LogP contribution in [0.2, 0.25) is 0 Å². The molecule has 1 atom stereocenters. The van der Waals surface area contributed by atoms with Gasteiger partial charge in [-0.1, -0.05) is 23.9 Å². The lowest BCUT2D eigenvalue weighted by atomic mass is 10.1. The molecular weight excluding hydrogens is 415 g/mol. The Kier molecular flexibility index (Phi) is 7.13. The van der Waals surface area contributed by atoms with Crippen molar-refractivity contribution in [2.24, 2.45) is 0 Å². The second-order valence-corrected chi connectivity index (χ2v) is 8.49. The van der Waals surface area contributed by atoms with E-state index in [0.29, 0.717) is 6.10 Å². The van der Waals surface area contributed by atoms with Gasteiger partial charge in [0.25, 0.3) is 0 Å². The van der Waals surface area contributed by atoms with Crippen molar-refractivity contribution in [3.63, 3.8) is 0 Å². The molecule has 0 aliphatic carbocycles. The molecule has 0 bridgehead atoms. The monoisotopic (exact) mass is 440 g/mol. The molecule has 2 aromatic rings. The Morgan fingerprint density at radius 3 is 2.37 bits per heavy atom. The highest BCUT2D eigenvalue weighted by Crippen LogP contribution is 2.45. The predicted molar refractivity (Wildman–Crippen MR) is 114 cm³/mol. The number of aryl methyl sites for hydroxylation is 2. The lowest BCUT2D eigenvalue weighted by molar-refractivity contribution is -0.714. The van der Waals surface area contributed by atoms with E-state index in [2.05, 4.69) is 72.8 Å². The highest BCUT2D eigenvalue weighted by atomic mass is 32.2. The lowest BCUT2D eigenvalue weighted by Crippen LogP contribution is -2.45. The second-order valence-electron chi connectivity index (χ2n) is 7.42. The molecule has 9 heteroatoms. The van der Waals surface area contributed by atoms with Gasteiger partial charge in [0.1, 0.15) is 6.10 Å². The molecule has 2 aliphatic heterocycles. The fourth-order valence-electron chi connectivity index (χ4n) is 3.71. The van der Waals surface area contributed by atoms with Crippen molar-refractivity contribution in [1.29, 1.82) is 0 Å². The quantitative estimate of drug-likeness (QED) is 0.351. The van der Waals surface area contributed by atoms with Gasteiger partial charge in [-0.3, -0.25) is 0 Å². The summed E-state index contributed by atoms with van der Waals surface area (Å²) in [6, 6.07) is 13.1. The van der Waals surface area contributed by atoms with Crippen molar-refractivity contribution in [1.82, 2.24) is 0 Å². The third-order valence-corrected chi connectivity index (χ3v) is 6.24. The number of rotatable bonds is 3. The molecule has 0 spiro atoms. The first kappa shape index (κ1) is 22.7. The SMILES string of the molecule is Cc1cc(/C=C2\Sc3ccccc3N2C)cc(C)[n+]1CC1CCCO1.F[B-](F)(F)F. The maximum absolute atomic E-state index is 9.75. The summed E-state index contributed by atoms with van der Waals surface area (Å²) in [5.74, 6) is 0. The summed E-state index contributed by atoms with van der Waals surface area (Å²) in [6.45, 7) is 6.28. The first-order chi connectivity index (χ1) is 14.1. The van der Waals surface area contributed by atoms with E-state index < -0.39 is 7.25 Å². The minimum Gasteiger partial charge on any atom is -0.418 e. The van der Waals surface area contributed by atoms with Crippen LogP contribution in [0.25, 0.3) is 6.08 Å². The van der Waals surface area contributed by atoms with Crippen molar-refractivity contribution < 1.29 is 26.6 Å². The number of thioether (sulfide) groups is 1. The number of para-hydroxylation sites is 1. The molecule has 1 unspecified atom stereocenters. The first-order valence-electron chi connectivity index (χ1n) is 9.84. The number of halogens is 4. The van der Waals surface area contributed by atoms with Crippen LogP contribution in [0.4, 0.5) is 23.0 Å². The van der Waals surface area contributed by atoms with Gasteiger partial charge in [0.05, 0.1) is 10.7 Å². The average Bonchev–Trinajstić information content (AvgIpc) is 3.26. The fraction of sp³-hybridized carbons (Fsp3) is 0.381. The van der Waals surface area contributed by atoms with E-state index in [4.69, 9.17) is 4.74 Å². The zero-order chi connectivity index (χ0) is 21.9. The van der Waals surface area contributed by atoms with Crippen molar-refractivity contribution in [2.45, 2.75) is 44.2 Å². The lowest BCUT2D eigenvalue weighted by Gasteiger charge is -2.14. The summed E-state index contributed by atoms with van der Waals surface area (Å²) in [7, 11) is -3.86. The maximum Gasteiger partial charge on any atom is 0.673 e. The summed E-state index contributed by atoms with van der Waals surface area (Å²) < 4.78 is 47.2. The van der Waals surface area contributed by atoms with E-state index in [1.165, 1.54) is 45.4 Å². The molecule has 162 valence electrons. The molecule has 0 N–H and O–H groups in total. The van der Waals surface area contributed by atoms with Crippen LogP contribution in [-0.4, -0.2) is 27.0 Å². The summed E-state index contributed by atoms with van der Waals surface area (Å²) in [4.78, 5) is 3.60. The van der Waals surface area contributed by atoms with E-state index in [-0.39, 0.29) is 0 Å². The van der Waals surface area contributed by atoms with Crippen LogP contribution >= 0.6 is 11.8 Å². The van der Waals surface area contributed by atoms with Gasteiger partial charge in [0, 0.05) is 44.5 Å². The van der Waals surface area contributed by atoms with Gasteiger partial charge in [-0.25, -0.2) is 0 Å². The molecule has 1 aromatic heterocycles. The van der Waals surface area contributed by atoms with Crippen LogP contribution in [0.3, 0.4) is 0 Å². The molecule has 3 heterocycles. The summed E-state index contributed by atoms with van der Waals surface area (Å²) >= 11 is 1.84. The van der Waals surface area contributed by atoms with Gasteiger partial charge in [0.2, 0.25) is 0 Å². The molecule has 1 saturated heterocycles. The molecule has 30 heavy (non-hydrogen) atoms. The number of fused-ring (bicyclic) bond motifs is 1. The number of benzene rings is 1. The summed E-state index contributed by atoms with van der Waals surface area (Å²) in [6.07, 6.45) is 5.04. The minimum absolute atomic E-state index is 0.373. The smallest absolute Gasteiger partial charge is 0.418 e. The van der Waals surface area contributed by atoms with E-state index >= 15 is 0 Å². The zero-order valence-corrected chi connectivity index (χ0v) is 18.1. The highest BCUT2D eigenvalue weighted by molar-refractivity contribution is 8.03. The number of pyridine rings is 1. The second kappa shape index (κ2) is 9.43. The Balaban J connectivity index is 0.000000461. The molecule has 0 amide bonds. The van der Waals surface area contributed by atoms with E-state index in [9.17, 15) is 17.3 Å². The van der Waals surface area contributed by atoms with Crippen molar-refractivity contribution in [2.75, 3.05) is 18.6 Å². The molecule has 1 fully saturated rings. The number of anilines is 1.